The van der Waals surface area contributed by atoms with E-state index in [1.807, 2.05) is 0 Å². The van der Waals surface area contributed by atoms with Crippen molar-refractivity contribution in [3.05, 3.63) is 65.7 Å². The molecule has 0 unspecified atom stereocenters. The third-order valence-electron chi connectivity index (χ3n) is 4.47. The number of rotatable bonds is 6. The highest BCUT2D eigenvalue weighted by Crippen LogP contribution is 2.18. The van der Waals surface area contributed by atoms with Crippen LogP contribution in [0.2, 0.25) is 0 Å². The van der Waals surface area contributed by atoms with Gasteiger partial charge in [0.25, 0.3) is 0 Å². The molecule has 1 aliphatic rings. The average molecular weight is 414 g/mol. The minimum absolute atomic E-state index is 0.0400. The second-order valence-corrected chi connectivity index (χ2v) is 8.48. The quantitative estimate of drug-likeness (QED) is 0.579. The number of hydrogen-bond acceptors (Lipinski definition) is 5. The van der Waals surface area contributed by atoms with Crippen molar-refractivity contribution in [2.75, 3.05) is 31.6 Å². The molecule has 1 aliphatic heterocycles. The summed E-state index contributed by atoms with van der Waals surface area (Å²) in [5.41, 5.74) is 1.86. The van der Waals surface area contributed by atoms with E-state index in [2.05, 4.69) is 5.32 Å². The van der Waals surface area contributed by atoms with Gasteiger partial charge in [0.2, 0.25) is 15.9 Å². The SMILES string of the molecule is CC(=O)c1ccc(NC(=O)/C=C\c2ccc(S(=O)(=O)N3CCOCC3)cc2)cc1. The molecule has 1 fully saturated rings. The molecule has 1 heterocycles. The highest BCUT2D eigenvalue weighted by molar-refractivity contribution is 7.89. The van der Waals surface area contributed by atoms with Gasteiger partial charge in [-0.25, -0.2) is 8.42 Å². The summed E-state index contributed by atoms with van der Waals surface area (Å²) in [6.45, 7) is 2.96. The molecule has 29 heavy (non-hydrogen) atoms. The van der Waals surface area contributed by atoms with Crippen LogP contribution in [0.15, 0.2) is 59.5 Å². The lowest BCUT2D eigenvalue weighted by molar-refractivity contribution is -0.111. The third kappa shape index (κ3) is 5.38. The Kier molecular flexibility index (Phi) is 6.58. The van der Waals surface area contributed by atoms with Crippen LogP contribution in [0.3, 0.4) is 0 Å². The van der Waals surface area contributed by atoms with Crippen LogP contribution < -0.4 is 5.32 Å². The van der Waals surface area contributed by atoms with Crippen molar-refractivity contribution in [2.45, 2.75) is 11.8 Å². The number of anilines is 1. The average Bonchev–Trinajstić information content (AvgIpc) is 2.73. The Labute approximate surface area is 170 Å². The Balaban J connectivity index is 1.62. The maximum atomic E-state index is 12.6. The zero-order chi connectivity index (χ0) is 20.9. The lowest BCUT2D eigenvalue weighted by Crippen LogP contribution is -2.40. The Bertz CT molecular complexity index is 1010. The van der Waals surface area contributed by atoms with Gasteiger partial charge >= 0.3 is 0 Å². The molecule has 7 nitrogen and oxygen atoms in total. The molecule has 2 aromatic rings. The molecule has 0 aromatic heterocycles. The minimum Gasteiger partial charge on any atom is -0.379 e. The number of amides is 1. The van der Waals surface area contributed by atoms with E-state index in [1.165, 1.54) is 29.4 Å². The third-order valence-corrected chi connectivity index (χ3v) is 6.39. The van der Waals surface area contributed by atoms with Gasteiger partial charge < -0.3 is 10.1 Å². The molecule has 1 amide bonds. The van der Waals surface area contributed by atoms with Crippen molar-refractivity contribution >= 4 is 33.5 Å². The molecule has 0 radical (unpaired) electrons. The van der Waals surface area contributed by atoms with Gasteiger partial charge in [0, 0.05) is 30.4 Å². The van der Waals surface area contributed by atoms with Crippen LogP contribution in [0.5, 0.6) is 0 Å². The normalized spacial score (nSPS) is 15.3. The first-order valence-corrected chi connectivity index (χ1v) is 10.6. The van der Waals surface area contributed by atoms with Crippen LogP contribution in [0, 0.1) is 0 Å². The van der Waals surface area contributed by atoms with Gasteiger partial charge in [-0.2, -0.15) is 4.31 Å². The highest BCUT2D eigenvalue weighted by atomic mass is 32.2. The highest BCUT2D eigenvalue weighted by Gasteiger charge is 2.25. The summed E-state index contributed by atoms with van der Waals surface area (Å²) in [5.74, 6) is -0.368. The number of morpholine rings is 1. The molecule has 2 aromatic carbocycles. The first-order valence-electron chi connectivity index (χ1n) is 9.14. The van der Waals surface area contributed by atoms with Crippen LogP contribution in [0.1, 0.15) is 22.8 Å². The van der Waals surface area contributed by atoms with Gasteiger partial charge in [0.05, 0.1) is 18.1 Å². The number of carbonyl (C=O) groups is 2. The molecule has 1 N–H and O–H groups in total. The molecule has 3 rings (SSSR count). The van der Waals surface area contributed by atoms with Crippen LogP contribution in [-0.2, 0) is 19.6 Å². The summed E-state index contributed by atoms with van der Waals surface area (Å²) >= 11 is 0. The van der Waals surface area contributed by atoms with Crippen LogP contribution in [-0.4, -0.2) is 50.7 Å². The fourth-order valence-electron chi connectivity index (χ4n) is 2.83. The summed E-state index contributed by atoms with van der Waals surface area (Å²) < 4.78 is 31.8. The monoisotopic (exact) mass is 414 g/mol. The fourth-order valence-corrected chi connectivity index (χ4v) is 4.24. The molecule has 0 spiro atoms. The summed E-state index contributed by atoms with van der Waals surface area (Å²) in [5, 5.41) is 2.71. The molecule has 0 aliphatic carbocycles. The van der Waals surface area contributed by atoms with Gasteiger partial charge in [0.15, 0.2) is 5.78 Å². The molecule has 1 saturated heterocycles. The molecular weight excluding hydrogens is 392 g/mol. The van der Waals surface area contributed by atoms with Crippen LogP contribution in [0.4, 0.5) is 5.69 Å². The van der Waals surface area contributed by atoms with Gasteiger partial charge in [0.1, 0.15) is 0 Å². The van der Waals surface area contributed by atoms with E-state index in [-0.39, 0.29) is 16.6 Å². The summed E-state index contributed by atoms with van der Waals surface area (Å²) in [6, 6.07) is 13.0. The topological polar surface area (TPSA) is 92.8 Å². The van der Waals surface area contributed by atoms with E-state index in [0.29, 0.717) is 43.1 Å². The van der Waals surface area contributed by atoms with Gasteiger partial charge in [-0.3, -0.25) is 9.59 Å². The van der Waals surface area contributed by atoms with E-state index in [1.54, 1.807) is 42.5 Å². The lowest BCUT2D eigenvalue weighted by Gasteiger charge is -2.26. The fraction of sp³-hybridized carbons (Fsp3) is 0.238. The van der Waals surface area contributed by atoms with E-state index in [4.69, 9.17) is 4.74 Å². The van der Waals surface area contributed by atoms with Crippen molar-refractivity contribution in [3.63, 3.8) is 0 Å². The summed E-state index contributed by atoms with van der Waals surface area (Å²) in [4.78, 5) is 23.5. The summed E-state index contributed by atoms with van der Waals surface area (Å²) in [7, 11) is -3.53. The number of hydrogen-bond donors (Lipinski definition) is 1. The number of nitrogens with zero attached hydrogens (tertiary/aromatic N) is 1. The van der Waals surface area contributed by atoms with Crippen molar-refractivity contribution in [1.82, 2.24) is 4.31 Å². The van der Waals surface area contributed by atoms with E-state index in [9.17, 15) is 18.0 Å². The molecular formula is C21H22N2O5S. The zero-order valence-corrected chi connectivity index (χ0v) is 16.8. The number of ketones is 1. The van der Waals surface area contributed by atoms with Gasteiger partial charge in [-0.15, -0.1) is 0 Å². The van der Waals surface area contributed by atoms with E-state index < -0.39 is 10.0 Å². The smallest absolute Gasteiger partial charge is 0.248 e. The lowest BCUT2D eigenvalue weighted by atomic mass is 10.1. The van der Waals surface area contributed by atoms with Crippen LogP contribution in [0.25, 0.3) is 6.08 Å². The van der Waals surface area contributed by atoms with E-state index >= 15 is 0 Å². The standard InChI is InChI=1S/C21H22N2O5S/c1-16(24)18-5-7-19(8-6-18)22-21(25)11-4-17-2-9-20(10-3-17)29(26,27)23-12-14-28-15-13-23/h2-11H,12-15H2,1H3,(H,22,25)/b11-4-. The number of nitrogens with one attached hydrogen (secondary N) is 1. The molecule has 0 atom stereocenters. The predicted octanol–water partition coefficient (Wildman–Crippen LogP) is 2.56. The Morgan fingerprint density at radius 3 is 2.21 bits per heavy atom. The van der Waals surface area contributed by atoms with E-state index in [0.717, 1.165) is 0 Å². The summed E-state index contributed by atoms with van der Waals surface area (Å²) in [6.07, 6.45) is 2.97. The number of sulfonamides is 1. The number of Topliss-reactive ketones (excluding diaryl/α,β-unsaturated/α-hetero) is 1. The van der Waals surface area contributed by atoms with Crippen molar-refractivity contribution < 1.29 is 22.7 Å². The van der Waals surface area contributed by atoms with Crippen LogP contribution >= 0.6 is 0 Å². The van der Waals surface area contributed by atoms with Crippen molar-refractivity contribution in [1.29, 1.82) is 0 Å². The minimum atomic E-state index is -3.53. The second kappa shape index (κ2) is 9.13. The first kappa shape index (κ1) is 20.9. The first-order chi connectivity index (χ1) is 13.9. The van der Waals surface area contributed by atoms with Gasteiger partial charge in [-0.05, 0) is 55.0 Å². The molecule has 0 saturated carbocycles. The zero-order valence-electron chi connectivity index (χ0n) is 16.0. The largest absolute Gasteiger partial charge is 0.379 e. The number of carbonyl (C=O) groups excluding carboxylic acids is 2. The maximum absolute atomic E-state index is 12.6. The Hall–Kier alpha value is -2.81. The Morgan fingerprint density at radius 1 is 1.00 bits per heavy atom. The molecule has 0 bridgehead atoms. The number of benzene rings is 2. The number of ether oxygens (including phenoxy) is 1. The van der Waals surface area contributed by atoms with Crippen molar-refractivity contribution in [3.8, 4) is 0 Å². The predicted molar refractivity (Wildman–Crippen MR) is 110 cm³/mol. The maximum Gasteiger partial charge on any atom is 0.248 e. The second-order valence-electron chi connectivity index (χ2n) is 6.54. The molecule has 152 valence electrons. The molecule has 8 heteroatoms. The van der Waals surface area contributed by atoms with Gasteiger partial charge in [-0.1, -0.05) is 12.1 Å². The Morgan fingerprint density at radius 2 is 1.62 bits per heavy atom. The van der Waals surface area contributed by atoms with Crippen molar-refractivity contribution in [2.24, 2.45) is 0 Å².